The zero-order chi connectivity index (χ0) is 17.4. The van der Waals surface area contributed by atoms with Crippen molar-refractivity contribution < 1.29 is 0 Å². The molecule has 0 amide bonds. The van der Waals surface area contributed by atoms with E-state index in [-0.39, 0.29) is 30.9 Å². The maximum Gasteiger partial charge on any atom is 0.222 e. The maximum atomic E-state index is 5.91. The van der Waals surface area contributed by atoms with Gasteiger partial charge in [-0.05, 0) is 25.0 Å². The van der Waals surface area contributed by atoms with Gasteiger partial charge in [0.05, 0.1) is 35.2 Å². The number of anilines is 2. The molecule has 1 aliphatic rings. The van der Waals surface area contributed by atoms with Gasteiger partial charge < -0.3 is 16.4 Å². The summed E-state index contributed by atoms with van der Waals surface area (Å²) in [5.74, 6) is 1.47. The molecule has 4 rings (SSSR count). The van der Waals surface area contributed by atoms with Crippen LogP contribution in [0.1, 0.15) is 30.1 Å². The van der Waals surface area contributed by atoms with Gasteiger partial charge in [0.1, 0.15) is 5.82 Å². The second kappa shape index (κ2) is 8.65. The van der Waals surface area contributed by atoms with Crippen LogP contribution in [-0.4, -0.2) is 33.0 Å². The van der Waals surface area contributed by atoms with Crippen molar-refractivity contribution in [3.8, 4) is 0 Å². The van der Waals surface area contributed by atoms with Gasteiger partial charge >= 0.3 is 0 Å². The van der Waals surface area contributed by atoms with Crippen molar-refractivity contribution in [3.05, 3.63) is 47.9 Å². The maximum absolute atomic E-state index is 5.91. The lowest BCUT2D eigenvalue weighted by Crippen LogP contribution is -2.35. The predicted molar refractivity (Wildman–Crippen MR) is 113 cm³/mol. The van der Waals surface area contributed by atoms with Gasteiger partial charge in [-0.2, -0.15) is 4.98 Å². The number of benzene rings is 1. The Kier molecular flexibility index (Phi) is 6.75. The monoisotopic (exact) mass is 407 g/mol. The molecule has 0 saturated heterocycles. The molecule has 27 heavy (non-hydrogen) atoms. The van der Waals surface area contributed by atoms with Gasteiger partial charge in [0.2, 0.25) is 5.95 Å². The van der Waals surface area contributed by atoms with Crippen LogP contribution in [0.2, 0.25) is 0 Å². The molecule has 9 heteroatoms. The molecule has 0 unspecified atom stereocenters. The highest BCUT2D eigenvalue weighted by Gasteiger charge is 2.29. The van der Waals surface area contributed by atoms with E-state index in [0.717, 1.165) is 41.1 Å². The summed E-state index contributed by atoms with van der Waals surface area (Å²) in [5, 5.41) is 0. The number of hydrogen-bond acceptors (Lipinski definition) is 7. The predicted octanol–water partition coefficient (Wildman–Crippen LogP) is 2.69. The van der Waals surface area contributed by atoms with Crippen LogP contribution in [0.5, 0.6) is 0 Å². The lowest BCUT2D eigenvalue weighted by Gasteiger charge is -2.32. The summed E-state index contributed by atoms with van der Waals surface area (Å²) in [6.07, 6.45) is 3.71. The summed E-state index contributed by atoms with van der Waals surface area (Å²) >= 11 is 0. The molecule has 1 aliphatic carbocycles. The first kappa shape index (κ1) is 21.1. The number of para-hydroxylation sites is 2. The largest absolute Gasteiger partial charge is 0.368 e. The number of nitrogen functional groups attached to an aromatic ring is 1. The fourth-order valence-corrected chi connectivity index (χ4v) is 3.18. The van der Waals surface area contributed by atoms with Crippen LogP contribution in [0.25, 0.3) is 11.0 Å². The van der Waals surface area contributed by atoms with Crippen LogP contribution < -0.4 is 16.4 Å². The second-order valence-corrected chi connectivity index (χ2v) is 6.64. The lowest BCUT2D eigenvalue weighted by atomic mass is 9.78. The first-order valence-electron chi connectivity index (χ1n) is 8.40. The summed E-state index contributed by atoms with van der Waals surface area (Å²) < 4.78 is 0. The molecule has 0 bridgehead atoms. The van der Waals surface area contributed by atoms with E-state index in [1.54, 1.807) is 6.20 Å². The Morgan fingerprint density at radius 1 is 1.07 bits per heavy atom. The first-order chi connectivity index (χ1) is 12.1. The fraction of sp³-hybridized carbons (Fsp3) is 0.333. The van der Waals surface area contributed by atoms with E-state index in [0.29, 0.717) is 18.4 Å². The summed E-state index contributed by atoms with van der Waals surface area (Å²) in [6, 6.07) is 10.1. The normalized spacial score (nSPS) is 18.1. The molecular weight excluding hydrogens is 385 g/mol. The Morgan fingerprint density at radius 2 is 1.78 bits per heavy atom. The van der Waals surface area contributed by atoms with Gasteiger partial charge in [-0.1, -0.05) is 12.1 Å². The van der Waals surface area contributed by atoms with Gasteiger partial charge in [-0.3, -0.25) is 4.98 Å². The molecule has 7 nitrogen and oxygen atoms in total. The van der Waals surface area contributed by atoms with Crippen LogP contribution in [0, 0.1) is 0 Å². The smallest absolute Gasteiger partial charge is 0.222 e. The molecule has 4 N–H and O–H groups in total. The number of nitrogens with two attached hydrogens (primary N) is 2. The van der Waals surface area contributed by atoms with E-state index in [2.05, 4.69) is 19.9 Å². The van der Waals surface area contributed by atoms with Crippen molar-refractivity contribution in [2.75, 3.05) is 17.7 Å². The zero-order valence-corrected chi connectivity index (χ0v) is 16.6. The molecule has 0 spiro atoms. The van der Waals surface area contributed by atoms with Crippen molar-refractivity contribution in [2.45, 2.75) is 31.3 Å². The quantitative estimate of drug-likeness (QED) is 0.684. The highest BCUT2D eigenvalue weighted by molar-refractivity contribution is 5.85. The van der Waals surface area contributed by atoms with E-state index in [1.807, 2.05) is 42.3 Å². The van der Waals surface area contributed by atoms with Crippen LogP contribution in [0.15, 0.2) is 36.5 Å². The average Bonchev–Trinajstić information content (AvgIpc) is 2.58. The summed E-state index contributed by atoms with van der Waals surface area (Å²) in [4.78, 5) is 19.9. The molecular formula is C18H23Cl2N7. The van der Waals surface area contributed by atoms with Gasteiger partial charge in [0, 0.05) is 25.1 Å². The summed E-state index contributed by atoms with van der Waals surface area (Å²) in [7, 11) is 1.97. The molecule has 1 fully saturated rings. The number of halogens is 2. The van der Waals surface area contributed by atoms with E-state index < -0.39 is 0 Å². The van der Waals surface area contributed by atoms with E-state index in [9.17, 15) is 0 Å². The third-order valence-corrected chi connectivity index (χ3v) is 4.63. The van der Waals surface area contributed by atoms with Crippen molar-refractivity contribution in [1.82, 2.24) is 19.9 Å². The number of rotatable bonds is 4. The molecule has 2 heterocycles. The Hall–Kier alpha value is -2.22. The third-order valence-electron chi connectivity index (χ3n) is 4.63. The van der Waals surface area contributed by atoms with Crippen molar-refractivity contribution in [3.63, 3.8) is 0 Å². The minimum atomic E-state index is 0. The Labute approximate surface area is 170 Å². The third kappa shape index (κ3) is 4.55. The number of nitrogens with zero attached hydrogens (tertiary/aromatic N) is 5. The standard InChI is InChI=1S/C18H21N7.2ClH/c1-25(10-13-9-21-14-4-2-3-5-15(14)22-13)17-8-16(23-18(20)24-17)11-6-12(19)7-11;;/h2-5,8-9,11-12H,6-7,10,19H2,1H3,(H2,20,23,24);2*1H. The van der Waals surface area contributed by atoms with Crippen LogP contribution in [-0.2, 0) is 6.54 Å². The van der Waals surface area contributed by atoms with Crippen molar-refractivity contribution >= 4 is 47.6 Å². The van der Waals surface area contributed by atoms with Crippen LogP contribution >= 0.6 is 24.8 Å². The molecule has 2 aromatic heterocycles. The summed E-state index contributed by atoms with van der Waals surface area (Å²) in [5.41, 5.74) is 15.4. The lowest BCUT2D eigenvalue weighted by molar-refractivity contribution is 0.345. The van der Waals surface area contributed by atoms with Crippen molar-refractivity contribution in [2.24, 2.45) is 5.73 Å². The van der Waals surface area contributed by atoms with E-state index in [4.69, 9.17) is 11.5 Å². The number of aromatic nitrogens is 4. The van der Waals surface area contributed by atoms with Gasteiger partial charge in [-0.25, -0.2) is 9.97 Å². The van der Waals surface area contributed by atoms with Gasteiger partial charge in [-0.15, -0.1) is 24.8 Å². The topological polar surface area (TPSA) is 107 Å². The first-order valence-corrected chi connectivity index (χ1v) is 8.40. The highest BCUT2D eigenvalue weighted by Crippen LogP contribution is 2.35. The van der Waals surface area contributed by atoms with E-state index >= 15 is 0 Å². The van der Waals surface area contributed by atoms with Crippen LogP contribution in [0.4, 0.5) is 11.8 Å². The Morgan fingerprint density at radius 3 is 2.48 bits per heavy atom. The highest BCUT2D eigenvalue weighted by atomic mass is 35.5. The van der Waals surface area contributed by atoms with Crippen molar-refractivity contribution in [1.29, 1.82) is 0 Å². The average molecular weight is 408 g/mol. The second-order valence-electron chi connectivity index (χ2n) is 6.64. The Balaban J connectivity index is 0.00000131. The molecule has 1 aromatic carbocycles. The molecule has 0 aliphatic heterocycles. The molecule has 1 saturated carbocycles. The zero-order valence-electron chi connectivity index (χ0n) is 14.9. The summed E-state index contributed by atoms with van der Waals surface area (Å²) in [6.45, 7) is 0.595. The number of hydrogen-bond donors (Lipinski definition) is 2. The van der Waals surface area contributed by atoms with Gasteiger partial charge in [0.15, 0.2) is 0 Å². The molecule has 0 radical (unpaired) electrons. The SMILES string of the molecule is CN(Cc1cnc2ccccc2n1)c1cc(C2CC(N)C2)nc(N)n1.Cl.Cl. The fourth-order valence-electron chi connectivity index (χ4n) is 3.18. The molecule has 144 valence electrons. The minimum absolute atomic E-state index is 0. The van der Waals surface area contributed by atoms with Gasteiger partial charge in [0.25, 0.3) is 0 Å². The molecule has 3 aromatic rings. The molecule has 0 atom stereocenters. The number of fused-ring (bicyclic) bond motifs is 1. The Bertz CT molecular complexity index is 915. The van der Waals surface area contributed by atoms with Crippen LogP contribution in [0.3, 0.4) is 0 Å². The van der Waals surface area contributed by atoms with E-state index in [1.165, 1.54) is 0 Å². The minimum Gasteiger partial charge on any atom is -0.368 e.